The van der Waals surface area contributed by atoms with Crippen molar-refractivity contribution in [3.63, 3.8) is 0 Å². The van der Waals surface area contributed by atoms with Crippen LogP contribution < -0.4 is 0 Å². The summed E-state index contributed by atoms with van der Waals surface area (Å²) >= 11 is 1.79. The van der Waals surface area contributed by atoms with Crippen LogP contribution in [0.15, 0.2) is 24.3 Å². The molecule has 0 saturated carbocycles. The maximum atomic E-state index is 11.7. The first-order chi connectivity index (χ1) is 11.2. The Kier molecular flexibility index (Phi) is 4.05. The zero-order valence-electron chi connectivity index (χ0n) is 13.3. The second kappa shape index (κ2) is 6.19. The van der Waals surface area contributed by atoms with Crippen molar-refractivity contribution in [2.24, 2.45) is 0 Å². The molecule has 3 heterocycles. The average Bonchev–Trinajstić information content (AvgIpc) is 3.20. The number of hydrogen-bond donors (Lipinski definition) is 0. The number of aromatic nitrogens is 1. The topological polar surface area (TPSA) is 45.7 Å². The fourth-order valence-corrected chi connectivity index (χ4v) is 4.53. The molecule has 1 aromatic carbocycles. The molecule has 2 unspecified atom stereocenters. The molecule has 1 aromatic heterocycles. The molecule has 0 amide bonds. The minimum Gasteiger partial charge on any atom is -0.464 e. The highest BCUT2D eigenvalue weighted by Crippen LogP contribution is 2.30. The van der Waals surface area contributed by atoms with E-state index in [1.54, 1.807) is 11.3 Å². The fourth-order valence-electron chi connectivity index (χ4n) is 3.48. The lowest BCUT2D eigenvalue weighted by Gasteiger charge is -2.38. The van der Waals surface area contributed by atoms with Crippen molar-refractivity contribution in [2.45, 2.75) is 25.4 Å². The fraction of sp³-hybridized carbons (Fsp3) is 0.529. The number of esters is 1. The van der Waals surface area contributed by atoms with Gasteiger partial charge in [0.2, 0.25) is 0 Å². The molecule has 4 rings (SSSR count). The summed E-state index contributed by atoms with van der Waals surface area (Å²) in [5, 5.41) is 1.18. The first-order valence-corrected chi connectivity index (χ1v) is 9.04. The Morgan fingerprint density at radius 2 is 2.04 bits per heavy atom. The first-order valence-electron chi connectivity index (χ1n) is 8.22. The number of ether oxygens (including phenoxy) is 1. The molecule has 0 radical (unpaired) electrons. The zero-order chi connectivity index (χ0) is 15.8. The van der Waals surface area contributed by atoms with Gasteiger partial charge < -0.3 is 4.74 Å². The van der Waals surface area contributed by atoms with Gasteiger partial charge in [0.15, 0.2) is 0 Å². The van der Waals surface area contributed by atoms with E-state index >= 15 is 0 Å². The van der Waals surface area contributed by atoms with E-state index < -0.39 is 0 Å². The van der Waals surface area contributed by atoms with Gasteiger partial charge in [-0.15, -0.1) is 11.3 Å². The Bertz CT molecular complexity index is 676. The van der Waals surface area contributed by atoms with Crippen LogP contribution in [0.1, 0.15) is 24.4 Å². The Balaban J connectivity index is 1.42. The smallest absolute Gasteiger partial charge is 0.323 e. The SMILES string of the molecule is CC(c1nc2ccccc2s1)N1CCN(C2CCOC2=O)CC1. The minimum atomic E-state index is -0.0438. The minimum absolute atomic E-state index is 0.0186. The van der Waals surface area contributed by atoms with Crippen molar-refractivity contribution >= 4 is 27.5 Å². The summed E-state index contributed by atoms with van der Waals surface area (Å²) in [5.74, 6) is -0.0438. The number of thiazole rings is 1. The van der Waals surface area contributed by atoms with Crippen LogP contribution >= 0.6 is 11.3 Å². The molecule has 0 bridgehead atoms. The molecular formula is C17H21N3O2S. The number of carbonyl (C=O) groups is 1. The third-order valence-corrected chi connectivity index (χ3v) is 6.12. The van der Waals surface area contributed by atoms with E-state index in [0.29, 0.717) is 12.6 Å². The van der Waals surface area contributed by atoms with Crippen LogP contribution in [-0.2, 0) is 9.53 Å². The predicted octanol–water partition coefficient (Wildman–Crippen LogP) is 2.29. The summed E-state index contributed by atoms with van der Waals surface area (Å²) in [6.45, 7) is 6.61. The first kappa shape index (κ1) is 15.1. The van der Waals surface area contributed by atoms with Crippen LogP contribution in [0, 0.1) is 0 Å². The van der Waals surface area contributed by atoms with Gasteiger partial charge in [-0.1, -0.05) is 12.1 Å². The quantitative estimate of drug-likeness (QED) is 0.808. The largest absolute Gasteiger partial charge is 0.464 e. The van der Waals surface area contributed by atoms with Gasteiger partial charge in [0.25, 0.3) is 0 Å². The van der Waals surface area contributed by atoms with E-state index in [4.69, 9.17) is 9.72 Å². The molecule has 2 atom stereocenters. The number of para-hydroxylation sites is 1. The number of rotatable bonds is 3. The molecule has 2 saturated heterocycles. The molecule has 2 fully saturated rings. The number of cyclic esters (lactones) is 1. The zero-order valence-corrected chi connectivity index (χ0v) is 14.1. The molecule has 23 heavy (non-hydrogen) atoms. The molecule has 0 N–H and O–H groups in total. The van der Waals surface area contributed by atoms with Gasteiger partial charge >= 0.3 is 5.97 Å². The lowest BCUT2D eigenvalue weighted by molar-refractivity contribution is -0.142. The molecule has 0 aliphatic carbocycles. The third-order valence-electron chi connectivity index (χ3n) is 4.91. The van der Waals surface area contributed by atoms with E-state index in [9.17, 15) is 4.79 Å². The Hall–Kier alpha value is -1.50. The lowest BCUT2D eigenvalue weighted by Crippen LogP contribution is -2.52. The Labute approximate surface area is 139 Å². The van der Waals surface area contributed by atoms with Gasteiger partial charge in [-0.25, -0.2) is 4.98 Å². The summed E-state index contributed by atoms with van der Waals surface area (Å²) in [4.78, 5) is 21.3. The summed E-state index contributed by atoms with van der Waals surface area (Å²) in [6, 6.07) is 8.61. The summed E-state index contributed by atoms with van der Waals surface area (Å²) in [6.07, 6.45) is 0.840. The second-order valence-electron chi connectivity index (χ2n) is 6.24. The predicted molar refractivity (Wildman–Crippen MR) is 90.5 cm³/mol. The van der Waals surface area contributed by atoms with Crippen molar-refractivity contribution in [3.8, 4) is 0 Å². The molecule has 0 spiro atoms. The standard InChI is InChI=1S/C17H21N3O2S/c1-12(16-18-13-4-2-3-5-15(13)23-16)19-7-9-20(10-8-19)14-6-11-22-17(14)21/h2-5,12,14H,6-11H2,1H3. The van der Waals surface area contributed by atoms with Crippen LogP contribution in [-0.4, -0.2) is 59.6 Å². The number of nitrogens with zero attached hydrogens (tertiary/aromatic N) is 3. The van der Waals surface area contributed by atoms with E-state index in [2.05, 4.69) is 34.9 Å². The Morgan fingerprint density at radius 3 is 2.74 bits per heavy atom. The highest BCUT2D eigenvalue weighted by atomic mass is 32.1. The van der Waals surface area contributed by atoms with Gasteiger partial charge in [-0.05, 0) is 19.1 Å². The van der Waals surface area contributed by atoms with Crippen LogP contribution in [0.5, 0.6) is 0 Å². The molecule has 6 heteroatoms. The van der Waals surface area contributed by atoms with Crippen molar-refractivity contribution in [3.05, 3.63) is 29.3 Å². The van der Waals surface area contributed by atoms with Gasteiger partial charge in [0, 0.05) is 32.6 Å². The molecule has 122 valence electrons. The number of hydrogen-bond acceptors (Lipinski definition) is 6. The summed E-state index contributed by atoms with van der Waals surface area (Å²) in [7, 11) is 0. The van der Waals surface area contributed by atoms with Gasteiger partial charge in [0.05, 0.1) is 22.9 Å². The normalized spacial score (nSPS) is 24.9. The molecule has 2 aliphatic rings. The monoisotopic (exact) mass is 331 g/mol. The van der Waals surface area contributed by atoms with Crippen LogP contribution in [0.4, 0.5) is 0 Å². The maximum absolute atomic E-state index is 11.7. The van der Waals surface area contributed by atoms with E-state index in [1.807, 2.05) is 6.07 Å². The van der Waals surface area contributed by atoms with Crippen molar-refractivity contribution in [1.29, 1.82) is 0 Å². The van der Waals surface area contributed by atoms with E-state index in [0.717, 1.165) is 38.1 Å². The number of benzene rings is 1. The summed E-state index contributed by atoms with van der Waals surface area (Å²) < 4.78 is 6.35. The van der Waals surface area contributed by atoms with Gasteiger partial charge in [0.1, 0.15) is 11.0 Å². The van der Waals surface area contributed by atoms with Crippen LogP contribution in [0.3, 0.4) is 0 Å². The molecular weight excluding hydrogens is 310 g/mol. The molecule has 2 aliphatic heterocycles. The lowest BCUT2D eigenvalue weighted by atomic mass is 10.1. The Morgan fingerprint density at radius 1 is 1.26 bits per heavy atom. The molecule has 2 aromatic rings. The van der Waals surface area contributed by atoms with Crippen LogP contribution in [0.25, 0.3) is 10.2 Å². The second-order valence-corrected chi connectivity index (χ2v) is 7.30. The van der Waals surface area contributed by atoms with E-state index in [1.165, 1.54) is 9.71 Å². The highest BCUT2D eigenvalue weighted by Gasteiger charge is 2.35. The van der Waals surface area contributed by atoms with E-state index in [-0.39, 0.29) is 12.0 Å². The van der Waals surface area contributed by atoms with Crippen molar-refractivity contribution < 1.29 is 9.53 Å². The maximum Gasteiger partial charge on any atom is 0.323 e. The average molecular weight is 331 g/mol. The van der Waals surface area contributed by atoms with Gasteiger partial charge in [-0.2, -0.15) is 0 Å². The number of fused-ring (bicyclic) bond motifs is 1. The van der Waals surface area contributed by atoms with Gasteiger partial charge in [-0.3, -0.25) is 14.6 Å². The highest BCUT2D eigenvalue weighted by molar-refractivity contribution is 7.18. The van der Waals surface area contributed by atoms with Crippen molar-refractivity contribution in [1.82, 2.24) is 14.8 Å². The molecule has 5 nitrogen and oxygen atoms in total. The summed E-state index contributed by atoms with van der Waals surface area (Å²) in [5.41, 5.74) is 1.09. The van der Waals surface area contributed by atoms with Crippen molar-refractivity contribution in [2.75, 3.05) is 32.8 Å². The van der Waals surface area contributed by atoms with Crippen LogP contribution in [0.2, 0.25) is 0 Å². The number of piperazine rings is 1. The third kappa shape index (κ3) is 2.86. The number of carbonyl (C=O) groups excluding carboxylic acids is 1.